The monoisotopic (exact) mass is 327 g/mol. The number of aromatic nitrogens is 2. The second-order valence-corrected chi connectivity index (χ2v) is 5.54. The van der Waals surface area contributed by atoms with E-state index < -0.39 is 0 Å². The van der Waals surface area contributed by atoms with Crippen molar-refractivity contribution in [3.63, 3.8) is 0 Å². The first-order chi connectivity index (χ1) is 9.72. The van der Waals surface area contributed by atoms with E-state index in [1.165, 1.54) is 5.56 Å². The molecule has 0 saturated heterocycles. The predicted octanol–water partition coefficient (Wildman–Crippen LogP) is 4.31. The zero-order chi connectivity index (χ0) is 13.9. The molecule has 0 aliphatic rings. The zero-order valence-corrected chi connectivity index (χ0v) is 12.7. The van der Waals surface area contributed by atoms with Gasteiger partial charge in [-0.05, 0) is 52.7 Å². The third-order valence-electron chi connectivity index (χ3n) is 3.08. The van der Waals surface area contributed by atoms with Gasteiger partial charge in [-0.3, -0.25) is 4.98 Å². The Hall–Kier alpha value is -1.94. The van der Waals surface area contributed by atoms with Crippen molar-refractivity contribution >= 4 is 32.7 Å². The number of hydrogen-bond acceptors (Lipinski definition) is 3. The number of nitrogens with one attached hydrogen (secondary N) is 1. The number of benzene rings is 2. The van der Waals surface area contributed by atoms with Crippen LogP contribution in [-0.2, 0) is 6.54 Å². The summed E-state index contributed by atoms with van der Waals surface area (Å²) in [5, 5.41) is 3.39. The second kappa shape index (κ2) is 5.59. The molecule has 0 atom stereocenters. The number of fused-ring (bicyclic) bond motifs is 1. The summed E-state index contributed by atoms with van der Waals surface area (Å²) in [6, 6.07) is 14.1. The minimum absolute atomic E-state index is 0.653. The third-order valence-corrected chi connectivity index (χ3v) is 3.77. The highest BCUT2D eigenvalue weighted by atomic mass is 79.9. The Balaban J connectivity index is 1.81. The van der Waals surface area contributed by atoms with Gasteiger partial charge in [0, 0.05) is 10.2 Å². The summed E-state index contributed by atoms with van der Waals surface area (Å²) >= 11 is 3.55. The molecule has 100 valence electrons. The summed E-state index contributed by atoms with van der Waals surface area (Å²) in [5.74, 6) is 0. The molecule has 0 spiro atoms. The van der Waals surface area contributed by atoms with E-state index in [0.717, 1.165) is 26.9 Å². The third kappa shape index (κ3) is 2.80. The Labute approximate surface area is 126 Å². The first kappa shape index (κ1) is 13.1. The Morgan fingerprint density at radius 1 is 1.10 bits per heavy atom. The molecule has 3 nitrogen and oxygen atoms in total. The predicted molar refractivity (Wildman–Crippen MR) is 85.7 cm³/mol. The van der Waals surface area contributed by atoms with Crippen LogP contribution in [0.25, 0.3) is 11.0 Å². The zero-order valence-electron chi connectivity index (χ0n) is 11.1. The van der Waals surface area contributed by atoms with Gasteiger partial charge in [0.2, 0.25) is 0 Å². The molecule has 0 radical (unpaired) electrons. The van der Waals surface area contributed by atoms with Crippen LogP contribution in [0.5, 0.6) is 0 Å². The molecule has 4 heteroatoms. The fourth-order valence-electron chi connectivity index (χ4n) is 2.04. The Kier molecular flexibility index (Phi) is 3.65. The van der Waals surface area contributed by atoms with E-state index in [1.807, 2.05) is 36.5 Å². The molecule has 20 heavy (non-hydrogen) atoms. The largest absolute Gasteiger partial charge is 0.378 e. The SMILES string of the molecule is Cc1ccc(Br)c(NCc2cnc3ccccc3n2)c1. The van der Waals surface area contributed by atoms with Crippen LogP contribution < -0.4 is 5.32 Å². The van der Waals surface area contributed by atoms with Gasteiger partial charge < -0.3 is 5.32 Å². The highest BCUT2D eigenvalue weighted by Gasteiger charge is 2.02. The molecule has 1 heterocycles. The number of aryl methyl sites for hydroxylation is 1. The van der Waals surface area contributed by atoms with Gasteiger partial charge in [0.25, 0.3) is 0 Å². The second-order valence-electron chi connectivity index (χ2n) is 4.69. The van der Waals surface area contributed by atoms with Crippen molar-refractivity contribution in [2.45, 2.75) is 13.5 Å². The lowest BCUT2D eigenvalue weighted by Crippen LogP contribution is -2.03. The van der Waals surface area contributed by atoms with E-state index >= 15 is 0 Å². The van der Waals surface area contributed by atoms with E-state index in [9.17, 15) is 0 Å². The number of nitrogens with zero attached hydrogens (tertiary/aromatic N) is 2. The Morgan fingerprint density at radius 2 is 1.90 bits per heavy atom. The smallest absolute Gasteiger partial charge is 0.0890 e. The van der Waals surface area contributed by atoms with Crippen LogP contribution in [0.3, 0.4) is 0 Å². The fraction of sp³-hybridized carbons (Fsp3) is 0.125. The van der Waals surface area contributed by atoms with Gasteiger partial charge in [-0.1, -0.05) is 18.2 Å². The van der Waals surface area contributed by atoms with Crippen LogP contribution in [0.15, 0.2) is 53.1 Å². The average Bonchev–Trinajstić information content (AvgIpc) is 2.48. The number of halogens is 1. The molecule has 0 aliphatic heterocycles. The first-order valence-electron chi connectivity index (χ1n) is 6.43. The molecule has 0 saturated carbocycles. The van der Waals surface area contributed by atoms with E-state index in [4.69, 9.17) is 0 Å². The van der Waals surface area contributed by atoms with Crippen molar-refractivity contribution in [3.8, 4) is 0 Å². The summed E-state index contributed by atoms with van der Waals surface area (Å²) in [6.07, 6.45) is 1.82. The van der Waals surface area contributed by atoms with Gasteiger partial charge in [-0.2, -0.15) is 0 Å². The summed E-state index contributed by atoms with van der Waals surface area (Å²) < 4.78 is 1.05. The van der Waals surface area contributed by atoms with Crippen molar-refractivity contribution in [1.82, 2.24) is 9.97 Å². The molecule has 0 fully saturated rings. The first-order valence-corrected chi connectivity index (χ1v) is 7.22. The maximum Gasteiger partial charge on any atom is 0.0890 e. The molecule has 1 aromatic heterocycles. The van der Waals surface area contributed by atoms with Gasteiger partial charge in [-0.15, -0.1) is 0 Å². The summed E-state index contributed by atoms with van der Waals surface area (Å²) in [4.78, 5) is 9.02. The minimum Gasteiger partial charge on any atom is -0.378 e. The number of rotatable bonds is 3. The van der Waals surface area contributed by atoms with Crippen molar-refractivity contribution in [2.75, 3.05) is 5.32 Å². The molecular weight excluding hydrogens is 314 g/mol. The van der Waals surface area contributed by atoms with Gasteiger partial charge >= 0.3 is 0 Å². The molecule has 0 aliphatic carbocycles. The van der Waals surface area contributed by atoms with Crippen LogP contribution >= 0.6 is 15.9 Å². The number of para-hydroxylation sites is 2. The number of anilines is 1. The summed E-state index contributed by atoms with van der Waals surface area (Å²) in [5.41, 5.74) is 5.07. The molecule has 0 bridgehead atoms. The van der Waals surface area contributed by atoms with E-state index in [0.29, 0.717) is 6.54 Å². The molecule has 3 rings (SSSR count). The molecular formula is C16H14BrN3. The normalized spacial score (nSPS) is 10.7. The average molecular weight is 328 g/mol. The number of hydrogen-bond donors (Lipinski definition) is 1. The summed E-state index contributed by atoms with van der Waals surface area (Å²) in [7, 11) is 0. The maximum atomic E-state index is 4.60. The lowest BCUT2D eigenvalue weighted by Gasteiger charge is -2.09. The standard InChI is InChI=1S/C16H14BrN3/c1-11-6-7-13(17)16(8-11)19-10-12-9-18-14-4-2-3-5-15(14)20-12/h2-9,19H,10H2,1H3. The van der Waals surface area contributed by atoms with Crippen LogP contribution in [0.1, 0.15) is 11.3 Å². The summed E-state index contributed by atoms with van der Waals surface area (Å²) in [6.45, 7) is 2.73. The van der Waals surface area contributed by atoms with E-state index in [-0.39, 0.29) is 0 Å². The fourth-order valence-corrected chi connectivity index (χ4v) is 2.43. The van der Waals surface area contributed by atoms with Gasteiger partial charge in [-0.25, -0.2) is 4.98 Å². The van der Waals surface area contributed by atoms with Crippen molar-refractivity contribution < 1.29 is 0 Å². The van der Waals surface area contributed by atoms with Crippen LogP contribution in [0.4, 0.5) is 5.69 Å². The van der Waals surface area contributed by atoms with Crippen LogP contribution in [0.2, 0.25) is 0 Å². The maximum absolute atomic E-state index is 4.60. The highest BCUT2D eigenvalue weighted by Crippen LogP contribution is 2.23. The Bertz CT molecular complexity index is 756. The van der Waals surface area contributed by atoms with Gasteiger partial charge in [0.05, 0.1) is 29.5 Å². The molecule has 0 unspecified atom stereocenters. The lowest BCUT2D eigenvalue weighted by atomic mass is 10.2. The molecule has 1 N–H and O–H groups in total. The van der Waals surface area contributed by atoms with Crippen LogP contribution in [-0.4, -0.2) is 9.97 Å². The molecule has 0 amide bonds. The van der Waals surface area contributed by atoms with Crippen molar-refractivity contribution in [1.29, 1.82) is 0 Å². The molecule has 2 aromatic carbocycles. The topological polar surface area (TPSA) is 37.8 Å². The van der Waals surface area contributed by atoms with Crippen molar-refractivity contribution in [2.24, 2.45) is 0 Å². The van der Waals surface area contributed by atoms with Crippen LogP contribution in [0, 0.1) is 6.92 Å². The lowest BCUT2D eigenvalue weighted by molar-refractivity contribution is 1.04. The quantitative estimate of drug-likeness (QED) is 0.778. The van der Waals surface area contributed by atoms with Gasteiger partial charge in [0.15, 0.2) is 0 Å². The minimum atomic E-state index is 0.653. The molecule has 3 aromatic rings. The van der Waals surface area contributed by atoms with Crippen molar-refractivity contribution in [3.05, 3.63) is 64.4 Å². The highest BCUT2D eigenvalue weighted by molar-refractivity contribution is 9.10. The Morgan fingerprint density at radius 3 is 2.75 bits per heavy atom. The van der Waals surface area contributed by atoms with E-state index in [2.05, 4.69) is 50.3 Å². The van der Waals surface area contributed by atoms with Gasteiger partial charge in [0.1, 0.15) is 0 Å². The van der Waals surface area contributed by atoms with E-state index in [1.54, 1.807) is 0 Å².